The zero-order valence-electron chi connectivity index (χ0n) is 22.9. The van der Waals surface area contributed by atoms with Crippen molar-refractivity contribution in [3.05, 3.63) is 44.7 Å². The van der Waals surface area contributed by atoms with Crippen LogP contribution in [0.1, 0.15) is 71.8 Å². The highest BCUT2D eigenvalue weighted by atomic mass is 79.9. The molecule has 0 radical (unpaired) electrons. The molecule has 3 aliphatic rings. The summed E-state index contributed by atoms with van der Waals surface area (Å²) in [6, 6.07) is 3.42. The molecule has 0 spiro atoms. The monoisotopic (exact) mass is 603 g/mol. The van der Waals surface area contributed by atoms with E-state index in [4.69, 9.17) is 14.6 Å². The Morgan fingerprint density at radius 2 is 1.46 bits per heavy atom. The second-order valence-electron chi connectivity index (χ2n) is 12.0. The molecule has 0 unspecified atom stereocenters. The number of benzene rings is 1. The van der Waals surface area contributed by atoms with E-state index in [1.54, 1.807) is 24.0 Å². The molecule has 4 rings (SSSR count). The van der Waals surface area contributed by atoms with Crippen molar-refractivity contribution in [1.82, 2.24) is 4.90 Å². The first kappa shape index (κ1) is 28.9. The highest BCUT2D eigenvalue weighted by Gasteiger charge is 2.49. The maximum atomic E-state index is 13.8. The van der Waals surface area contributed by atoms with Crippen molar-refractivity contribution in [2.45, 2.75) is 66.2 Å². The van der Waals surface area contributed by atoms with Gasteiger partial charge in [-0.3, -0.25) is 14.4 Å². The Hall–Kier alpha value is -3.14. The molecule has 210 valence electrons. The van der Waals surface area contributed by atoms with Gasteiger partial charge in [0.2, 0.25) is 0 Å². The van der Waals surface area contributed by atoms with Gasteiger partial charge in [0.05, 0.1) is 11.1 Å². The highest BCUT2D eigenvalue weighted by Crippen LogP contribution is 2.55. The first-order valence-electron chi connectivity index (χ1n) is 13.0. The molecule has 0 bridgehead atoms. The zero-order valence-corrected chi connectivity index (χ0v) is 24.4. The normalized spacial score (nSPS) is 20.5. The van der Waals surface area contributed by atoms with E-state index in [1.165, 1.54) is 0 Å². The lowest BCUT2D eigenvalue weighted by atomic mass is 9.63. The van der Waals surface area contributed by atoms with E-state index < -0.39 is 24.5 Å². The number of carboxylic acid groups (broad SMARTS) is 2. The maximum absolute atomic E-state index is 13.8. The predicted octanol–water partition coefficient (Wildman–Crippen LogP) is 5.08. The number of hydrogen-bond acceptors (Lipinski definition) is 7. The lowest BCUT2D eigenvalue weighted by molar-refractivity contribution is -0.139. The Morgan fingerprint density at radius 3 is 1.92 bits per heavy atom. The Bertz CT molecular complexity index is 1270. The Morgan fingerprint density at radius 1 is 0.923 bits per heavy atom. The number of ketones is 2. The number of carbonyl (C=O) groups excluding carboxylic acids is 2. The van der Waals surface area contributed by atoms with Crippen LogP contribution < -0.4 is 9.47 Å². The molecule has 1 aliphatic heterocycles. The van der Waals surface area contributed by atoms with E-state index in [0.717, 1.165) is 0 Å². The molecule has 1 aromatic rings. The minimum absolute atomic E-state index is 0.119. The van der Waals surface area contributed by atoms with Crippen LogP contribution >= 0.6 is 15.9 Å². The zero-order chi connectivity index (χ0) is 28.9. The number of Topliss-reactive ketones (excluding diaryl/α,β-unsaturated/α-hetero) is 2. The molecule has 0 saturated heterocycles. The Labute approximate surface area is 236 Å². The number of carbonyl (C=O) groups is 4. The second kappa shape index (κ2) is 10.4. The Balaban J connectivity index is 1.99. The fraction of sp³-hybridized carbons (Fsp3) is 0.517. The van der Waals surface area contributed by atoms with E-state index in [9.17, 15) is 24.3 Å². The SMILES string of the molecule is CCOc1cc(C2C3=C(CC(C)(C)CC3=O)N(CC(=O)O)C3=C2C(=O)CC(C)(C)C3)cc(Br)c1OCC(=O)O. The number of nitrogens with zero attached hydrogens (tertiary/aromatic N) is 1. The number of aliphatic carboxylic acids is 2. The molecule has 39 heavy (non-hydrogen) atoms. The van der Waals surface area contributed by atoms with Gasteiger partial charge in [-0.2, -0.15) is 0 Å². The molecule has 9 nitrogen and oxygen atoms in total. The number of halogens is 1. The van der Waals surface area contributed by atoms with Crippen molar-refractivity contribution >= 4 is 39.4 Å². The van der Waals surface area contributed by atoms with Crippen LogP contribution in [-0.4, -0.2) is 58.4 Å². The third-order valence-corrected chi connectivity index (χ3v) is 7.91. The second-order valence-corrected chi connectivity index (χ2v) is 12.8. The standard InChI is InChI=1S/C29H34BrNO8/c1-6-38-21-8-15(7-16(30)27(21)39-14-23(36)37)24-25-17(9-28(2,3)11-19(25)32)31(13-22(34)35)18-10-29(4,5)12-20(33)26(18)24/h7-8,24H,6,9-14H2,1-5H3,(H,34,35)(H,36,37). The third-order valence-electron chi connectivity index (χ3n) is 7.32. The van der Waals surface area contributed by atoms with Gasteiger partial charge in [-0.25, -0.2) is 4.79 Å². The van der Waals surface area contributed by atoms with Crippen LogP contribution in [-0.2, 0) is 19.2 Å². The van der Waals surface area contributed by atoms with E-state index in [-0.39, 0.29) is 59.9 Å². The molecule has 0 atom stereocenters. The van der Waals surface area contributed by atoms with E-state index in [2.05, 4.69) is 15.9 Å². The Kier molecular flexibility index (Phi) is 7.73. The summed E-state index contributed by atoms with van der Waals surface area (Å²) in [5.41, 5.74) is 2.03. The molecule has 0 amide bonds. The molecule has 10 heteroatoms. The number of hydrogen-bond donors (Lipinski definition) is 2. The number of carboxylic acids is 2. The van der Waals surface area contributed by atoms with Crippen LogP contribution in [0.15, 0.2) is 39.1 Å². The number of ether oxygens (including phenoxy) is 2. The molecular weight excluding hydrogens is 570 g/mol. The van der Waals surface area contributed by atoms with Gasteiger partial charge in [-0.15, -0.1) is 0 Å². The number of rotatable bonds is 8. The van der Waals surface area contributed by atoms with Crippen molar-refractivity contribution < 1.29 is 38.9 Å². The van der Waals surface area contributed by atoms with Gasteiger partial charge in [0.1, 0.15) is 6.54 Å². The van der Waals surface area contributed by atoms with Crippen LogP contribution in [0.5, 0.6) is 11.5 Å². The average Bonchev–Trinajstić information content (AvgIpc) is 2.77. The van der Waals surface area contributed by atoms with Gasteiger partial charge in [-0.1, -0.05) is 27.7 Å². The number of allylic oxidation sites excluding steroid dienone is 4. The van der Waals surface area contributed by atoms with Gasteiger partial charge in [0, 0.05) is 41.3 Å². The fourth-order valence-electron chi connectivity index (χ4n) is 6.00. The summed E-state index contributed by atoms with van der Waals surface area (Å²) in [6.45, 7) is 9.10. The topological polar surface area (TPSA) is 130 Å². The van der Waals surface area contributed by atoms with E-state index in [1.807, 2.05) is 27.7 Å². The van der Waals surface area contributed by atoms with Gasteiger partial charge in [-0.05, 0) is 64.2 Å². The largest absolute Gasteiger partial charge is 0.490 e. The first-order chi connectivity index (χ1) is 18.1. The van der Waals surface area contributed by atoms with E-state index >= 15 is 0 Å². The van der Waals surface area contributed by atoms with Crippen LogP contribution in [0.25, 0.3) is 0 Å². The van der Waals surface area contributed by atoms with Crippen molar-refractivity contribution in [3.63, 3.8) is 0 Å². The van der Waals surface area contributed by atoms with Gasteiger partial charge in [0.25, 0.3) is 0 Å². The van der Waals surface area contributed by atoms with E-state index in [0.29, 0.717) is 45.4 Å². The summed E-state index contributed by atoms with van der Waals surface area (Å²) in [7, 11) is 0. The summed E-state index contributed by atoms with van der Waals surface area (Å²) in [5.74, 6) is -2.64. The molecule has 2 aliphatic carbocycles. The molecule has 2 N–H and O–H groups in total. The summed E-state index contributed by atoms with van der Waals surface area (Å²) in [5, 5.41) is 19.0. The maximum Gasteiger partial charge on any atom is 0.341 e. The smallest absolute Gasteiger partial charge is 0.341 e. The third kappa shape index (κ3) is 5.76. The molecular formula is C29H34BrNO8. The van der Waals surface area contributed by atoms with Crippen LogP contribution in [0, 0.1) is 10.8 Å². The minimum Gasteiger partial charge on any atom is -0.490 e. The lowest BCUT2D eigenvalue weighted by Gasteiger charge is -2.48. The van der Waals surface area contributed by atoms with Crippen molar-refractivity contribution in [1.29, 1.82) is 0 Å². The van der Waals surface area contributed by atoms with Crippen LogP contribution in [0.2, 0.25) is 0 Å². The molecule has 1 aromatic carbocycles. The average molecular weight is 604 g/mol. The quantitative estimate of drug-likeness (QED) is 0.417. The van der Waals surface area contributed by atoms with Crippen molar-refractivity contribution in [2.24, 2.45) is 10.8 Å². The van der Waals surface area contributed by atoms with Crippen molar-refractivity contribution in [2.75, 3.05) is 19.8 Å². The molecule has 0 aromatic heterocycles. The molecule has 1 heterocycles. The van der Waals surface area contributed by atoms with Crippen LogP contribution in [0.4, 0.5) is 0 Å². The lowest BCUT2D eigenvalue weighted by Crippen LogP contribution is -2.45. The first-order valence-corrected chi connectivity index (χ1v) is 13.8. The van der Waals surface area contributed by atoms with Crippen molar-refractivity contribution in [3.8, 4) is 11.5 Å². The molecule has 0 saturated carbocycles. The summed E-state index contributed by atoms with van der Waals surface area (Å²) >= 11 is 3.48. The predicted molar refractivity (Wildman–Crippen MR) is 146 cm³/mol. The van der Waals surface area contributed by atoms with Gasteiger partial charge >= 0.3 is 11.9 Å². The minimum atomic E-state index is -1.14. The van der Waals surface area contributed by atoms with Gasteiger partial charge in [0.15, 0.2) is 29.7 Å². The highest BCUT2D eigenvalue weighted by molar-refractivity contribution is 9.10. The van der Waals surface area contributed by atoms with Gasteiger partial charge < -0.3 is 24.6 Å². The van der Waals surface area contributed by atoms with Crippen LogP contribution in [0.3, 0.4) is 0 Å². The fourth-order valence-corrected chi connectivity index (χ4v) is 6.57. The molecule has 0 fully saturated rings. The summed E-state index contributed by atoms with van der Waals surface area (Å²) in [4.78, 5) is 52.5. The summed E-state index contributed by atoms with van der Waals surface area (Å²) < 4.78 is 11.7. The summed E-state index contributed by atoms with van der Waals surface area (Å²) in [6.07, 6.45) is 1.51.